The number of Topliss-reactive ketones (excluding diaryl/α,β-unsaturated/α-hetero) is 1. The number of hydrogen-bond donors (Lipinski definition) is 0. The molecule has 0 fully saturated rings. The van der Waals surface area contributed by atoms with Crippen molar-refractivity contribution in [3.05, 3.63) is 80.6 Å². The Hall–Kier alpha value is -3.12. The van der Waals surface area contributed by atoms with Crippen LogP contribution in [0.4, 0.5) is 0 Å². The summed E-state index contributed by atoms with van der Waals surface area (Å²) < 4.78 is 2.00. The van der Waals surface area contributed by atoms with Crippen molar-refractivity contribution in [3.8, 4) is 11.3 Å². The van der Waals surface area contributed by atoms with Crippen molar-refractivity contribution in [1.29, 1.82) is 0 Å². The molecule has 4 rings (SSSR count). The Morgan fingerprint density at radius 2 is 1.82 bits per heavy atom. The molecule has 0 aliphatic heterocycles. The highest BCUT2D eigenvalue weighted by atomic mass is 32.1. The van der Waals surface area contributed by atoms with Crippen LogP contribution in [0.25, 0.3) is 21.5 Å². The van der Waals surface area contributed by atoms with Crippen molar-refractivity contribution in [3.63, 3.8) is 0 Å². The predicted molar refractivity (Wildman–Crippen MR) is 112 cm³/mol. The Morgan fingerprint density at radius 3 is 2.54 bits per heavy atom. The lowest BCUT2D eigenvalue weighted by atomic mass is 10.0. The highest BCUT2D eigenvalue weighted by Crippen LogP contribution is 2.31. The van der Waals surface area contributed by atoms with Gasteiger partial charge in [-0.25, -0.2) is 9.67 Å². The quantitative estimate of drug-likeness (QED) is 0.487. The number of aryl methyl sites for hydroxylation is 3. The van der Waals surface area contributed by atoms with Crippen molar-refractivity contribution >= 4 is 27.3 Å². The van der Waals surface area contributed by atoms with Crippen LogP contribution >= 0.6 is 11.3 Å². The Labute approximate surface area is 166 Å². The number of fused-ring (bicyclic) bond motifs is 1. The molecule has 0 aliphatic rings. The van der Waals surface area contributed by atoms with E-state index in [1.165, 1.54) is 16.0 Å². The van der Waals surface area contributed by atoms with Gasteiger partial charge < -0.3 is 0 Å². The fraction of sp³-hybridized carbons (Fsp3) is 0.182. The first-order valence-corrected chi connectivity index (χ1v) is 9.80. The molecular weight excluding hydrogens is 370 g/mol. The summed E-state index contributed by atoms with van der Waals surface area (Å²) in [6.45, 7) is 5.81. The molecule has 5 nitrogen and oxygen atoms in total. The zero-order valence-electron chi connectivity index (χ0n) is 15.9. The van der Waals surface area contributed by atoms with E-state index in [0.29, 0.717) is 16.8 Å². The van der Waals surface area contributed by atoms with Gasteiger partial charge >= 0.3 is 0 Å². The van der Waals surface area contributed by atoms with Gasteiger partial charge in [0.05, 0.1) is 9.71 Å². The summed E-state index contributed by atoms with van der Waals surface area (Å²) in [7, 11) is 0. The van der Waals surface area contributed by atoms with Gasteiger partial charge in [-0.3, -0.25) is 9.59 Å². The molecule has 2 aromatic carbocycles. The summed E-state index contributed by atoms with van der Waals surface area (Å²) in [5, 5.41) is 5.39. The normalized spacial score (nSPS) is 11.1. The minimum Gasteiger partial charge on any atom is -0.292 e. The Balaban J connectivity index is 1.89. The van der Waals surface area contributed by atoms with E-state index in [9.17, 15) is 9.59 Å². The number of aromatic nitrogens is 3. The van der Waals surface area contributed by atoms with E-state index < -0.39 is 0 Å². The number of benzene rings is 2. The molecule has 6 heteroatoms. The van der Waals surface area contributed by atoms with Gasteiger partial charge in [0.2, 0.25) is 0 Å². The maximum Gasteiger partial charge on any atom is 0.294 e. The second-order valence-electron chi connectivity index (χ2n) is 6.83. The maximum absolute atomic E-state index is 12.9. The fourth-order valence-corrected chi connectivity index (χ4v) is 4.19. The average molecular weight is 389 g/mol. The second kappa shape index (κ2) is 7.13. The number of thiazole rings is 1. The molecule has 0 spiro atoms. The van der Waals surface area contributed by atoms with Crippen LogP contribution in [-0.4, -0.2) is 20.5 Å². The number of hydrogen-bond acceptors (Lipinski definition) is 5. The van der Waals surface area contributed by atoms with Crippen LogP contribution in [0.15, 0.2) is 53.3 Å². The van der Waals surface area contributed by atoms with Crippen LogP contribution in [0.3, 0.4) is 0 Å². The third kappa shape index (κ3) is 3.27. The summed E-state index contributed by atoms with van der Waals surface area (Å²) in [6.07, 6.45) is 0. The summed E-state index contributed by atoms with van der Waals surface area (Å²) >= 11 is 1.45. The molecule has 0 bridgehead atoms. The fourth-order valence-electron chi connectivity index (χ4n) is 3.28. The lowest BCUT2D eigenvalue weighted by molar-refractivity contribution is 0.0966. The van der Waals surface area contributed by atoms with E-state index in [2.05, 4.69) is 16.1 Å². The van der Waals surface area contributed by atoms with Crippen molar-refractivity contribution < 1.29 is 4.79 Å². The Kier molecular flexibility index (Phi) is 4.65. The van der Waals surface area contributed by atoms with Crippen molar-refractivity contribution in [2.75, 3.05) is 0 Å². The molecule has 0 N–H and O–H groups in total. The first kappa shape index (κ1) is 18.3. The third-order valence-corrected chi connectivity index (χ3v) is 5.61. The summed E-state index contributed by atoms with van der Waals surface area (Å²) in [4.78, 5) is 30.0. The molecule has 140 valence electrons. The van der Waals surface area contributed by atoms with Crippen LogP contribution in [0, 0.1) is 20.8 Å². The first-order chi connectivity index (χ1) is 13.4. The van der Waals surface area contributed by atoms with Gasteiger partial charge in [-0.15, -0.1) is 11.3 Å². The molecule has 0 radical (unpaired) electrons. The SMILES string of the molecule is Cc1ccc(-c2nn(CC(=O)c3ccccc3)c(=O)c3nc(C)sc23)c(C)c1. The van der Waals surface area contributed by atoms with E-state index in [-0.39, 0.29) is 17.9 Å². The van der Waals surface area contributed by atoms with E-state index in [1.54, 1.807) is 24.3 Å². The largest absolute Gasteiger partial charge is 0.294 e. The number of ketones is 1. The standard InChI is InChI=1S/C22H19N3O2S/c1-13-9-10-17(14(2)11-13)19-21-20(23-15(3)28-21)22(27)25(24-19)12-18(26)16-7-5-4-6-8-16/h4-11H,12H2,1-3H3. The van der Waals surface area contributed by atoms with Crippen LogP contribution < -0.4 is 5.56 Å². The van der Waals surface area contributed by atoms with Crippen LogP contribution in [0.5, 0.6) is 0 Å². The van der Waals surface area contributed by atoms with E-state index in [4.69, 9.17) is 0 Å². The van der Waals surface area contributed by atoms with Gasteiger partial charge in [0.1, 0.15) is 12.2 Å². The number of nitrogens with zero attached hydrogens (tertiary/aromatic N) is 3. The lowest BCUT2D eigenvalue weighted by Crippen LogP contribution is -2.27. The highest BCUT2D eigenvalue weighted by molar-refractivity contribution is 7.19. The van der Waals surface area contributed by atoms with Crippen molar-refractivity contribution in [1.82, 2.24) is 14.8 Å². The Bertz CT molecular complexity index is 1260. The topological polar surface area (TPSA) is 64.8 Å². The molecule has 4 aromatic rings. The summed E-state index contributed by atoms with van der Waals surface area (Å²) in [6, 6.07) is 15.1. The van der Waals surface area contributed by atoms with Crippen molar-refractivity contribution in [2.24, 2.45) is 0 Å². The number of carbonyl (C=O) groups excluding carboxylic acids is 1. The molecule has 0 aliphatic carbocycles. The van der Waals surface area contributed by atoms with Gasteiger partial charge in [0.25, 0.3) is 5.56 Å². The number of carbonyl (C=O) groups is 1. The molecule has 0 unspecified atom stereocenters. The number of rotatable bonds is 4. The van der Waals surface area contributed by atoms with E-state index in [1.807, 2.05) is 39.0 Å². The van der Waals surface area contributed by atoms with Crippen molar-refractivity contribution in [2.45, 2.75) is 27.3 Å². The summed E-state index contributed by atoms with van der Waals surface area (Å²) in [5.41, 5.74) is 4.45. The zero-order chi connectivity index (χ0) is 19.8. The monoisotopic (exact) mass is 389 g/mol. The second-order valence-corrected chi connectivity index (χ2v) is 8.03. The summed E-state index contributed by atoms with van der Waals surface area (Å²) in [5.74, 6) is -0.159. The van der Waals surface area contributed by atoms with Gasteiger partial charge in [-0.2, -0.15) is 5.10 Å². The minimum atomic E-state index is -0.336. The zero-order valence-corrected chi connectivity index (χ0v) is 16.7. The molecule has 2 aromatic heterocycles. The molecule has 28 heavy (non-hydrogen) atoms. The van der Waals surface area contributed by atoms with Crippen LogP contribution in [-0.2, 0) is 6.54 Å². The van der Waals surface area contributed by atoms with E-state index >= 15 is 0 Å². The predicted octanol–water partition coefficient (Wildman–Crippen LogP) is 4.33. The molecule has 0 saturated heterocycles. The third-order valence-electron chi connectivity index (χ3n) is 4.63. The average Bonchev–Trinajstić information content (AvgIpc) is 3.07. The Morgan fingerprint density at radius 1 is 1.07 bits per heavy atom. The van der Waals surface area contributed by atoms with Crippen LogP contribution in [0.1, 0.15) is 26.5 Å². The lowest BCUT2D eigenvalue weighted by Gasteiger charge is -2.10. The highest BCUT2D eigenvalue weighted by Gasteiger charge is 2.19. The van der Waals surface area contributed by atoms with Gasteiger partial charge in [0, 0.05) is 11.1 Å². The molecule has 0 saturated carbocycles. The molecule has 0 amide bonds. The molecular formula is C22H19N3O2S. The maximum atomic E-state index is 12.9. The molecule has 0 atom stereocenters. The van der Waals surface area contributed by atoms with Crippen LogP contribution in [0.2, 0.25) is 0 Å². The van der Waals surface area contributed by atoms with Gasteiger partial charge in [-0.05, 0) is 26.3 Å². The first-order valence-electron chi connectivity index (χ1n) is 8.98. The van der Waals surface area contributed by atoms with E-state index in [0.717, 1.165) is 26.4 Å². The molecule has 2 heterocycles. The minimum absolute atomic E-state index is 0.118. The van der Waals surface area contributed by atoms with Gasteiger partial charge in [0.15, 0.2) is 11.3 Å². The van der Waals surface area contributed by atoms with Gasteiger partial charge in [-0.1, -0.05) is 54.1 Å². The smallest absolute Gasteiger partial charge is 0.292 e.